The van der Waals surface area contributed by atoms with E-state index < -0.39 is 11.9 Å². The highest BCUT2D eigenvalue weighted by Crippen LogP contribution is 2.32. The number of aryl methyl sites for hydroxylation is 1. The van der Waals surface area contributed by atoms with Crippen LogP contribution < -0.4 is 20.1 Å². The summed E-state index contributed by atoms with van der Waals surface area (Å²) in [5, 5.41) is 14.8. The number of carbonyl (C=O) groups excluding carboxylic acids is 2. The van der Waals surface area contributed by atoms with Gasteiger partial charge in [0.15, 0.2) is 11.5 Å². The van der Waals surface area contributed by atoms with Gasteiger partial charge < -0.3 is 14.8 Å². The number of thioether (sulfide) groups is 1. The first-order valence-electron chi connectivity index (χ1n) is 9.40. The van der Waals surface area contributed by atoms with E-state index in [0.717, 1.165) is 35.0 Å². The van der Waals surface area contributed by atoms with Crippen LogP contribution in [0.25, 0.3) is 0 Å². The van der Waals surface area contributed by atoms with Gasteiger partial charge in [-0.05, 0) is 44.0 Å². The van der Waals surface area contributed by atoms with E-state index in [-0.39, 0.29) is 5.75 Å². The van der Waals surface area contributed by atoms with E-state index in [9.17, 15) is 14.9 Å². The average Bonchev–Trinajstić information content (AvgIpc) is 2.95. The Balaban J connectivity index is 1.58. The number of rotatable bonds is 4. The van der Waals surface area contributed by atoms with Crippen molar-refractivity contribution in [3.8, 4) is 17.6 Å². The van der Waals surface area contributed by atoms with Crippen LogP contribution in [0.5, 0.6) is 11.5 Å². The normalized spacial score (nSPS) is 12.5. The number of nitriles is 1. The highest BCUT2D eigenvalue weighted by molar-refractivity contribution is 8.00. The number of fused-ring (bicyclic) bond motifs is 1. The number of pyridine rings is 1. The third kappa shape index (κ3) is 5.02. The van der Waals surface area contributed by atoms with Crippen molar-refractivity contribution < 1.29 is 19.1 Å². The maximum Gasteiger partial charge on any atom is 0.325 e. The van der Waals surface area contributed by atoms with Gasteiger partial charge in [-0.2, -0.15) is 5.26 Å². The molecular weight excluding hydrogens is 404 g/mol. The summed E-state index contributed by atoms with van der Waals surface area (Å²) < 4.78 is 11.1. The van der Waals surface area contributed by atoms with Crippen molar-refractivity contribution in [3.05, 3.63) is 40.6 Å². The summed E-state index contributed by atoms with van der Waals surface area (Å²) >= 11 is 1.12. The van der Waals surface area contributed by atoms with Crippen molar-refractivity contribution in [1.29, 1.82) is 5.26 Å². The van der Waals surface area contributed by atoms with E-state index in [1.807, 2.05) is 20.8 Å². The lowest BCUT2D eigenvalue weighted by molar-refractivity contribution is -0.117. The zero-order chi connectivity index (χ0) is 21.7. The number of aromatic nitrogens is 1. The molecule has 3 rings (SSSR count). The number of imide groups is 1. The van der Waals surface area contributed by atoms with Crippen LogP contribution in [0.15, 0.2) is 23.2 Å². The number of anilines is 1. The molecule has 30 heavy (non-hydrogen) atoms. The number of ether oxygens (including phenoxy) is 2. The Morgan fingerprint density at radius 1 is 1.17 bits per heavy atom. The molecule has 1 aliphatic heterocycles. The van der Waals surface area contributed by atoms with Crippen molar-refractivity contribution in [1.82, 2.24) is 10.3 Å². The van der Waals surface area contributed by atoms with E-state index in [4.69, 9.17) is 9.47 Å². The molecule has 0 fully saturated rings. The fourth-order valence-electron chi connectivity index (χ4n) is 2.85. The van der Waals surface area contributed by atoms with Crippen LogP contribution in [0.4, 0.5) is 10.5 Å². The zero-order valence-electron chi connectivity index (χ0n) is 17.0. The molecule has 0 unspecified atom stereocenters. The number of nitrogens with one attached hydrogen (secondary N) is 2. The molecule has 1 aromatic heterocycles. The second-order valence-electron chi connectivity index (χ2n) is 6.74. The van der Waals surface area contributed by atoms with Gasteiger partial charge in [0.1, 0.15) is 11.1 Å². The third-order valence-corrected chi connectivity index (χ3v) is 5.65. The highest BCUT2D eigenvalue weighted by Gasteiger charge is 2.16. The molecule has 2 aromatic rings. The van der Waals surface area contributed by atoms with Gasteiger partial charge in [0.05, 0.1) is 24.5 Å². The minimum atomic E-state index is -0.653. The number of hydrogen-bond donors (Lipinski definition) is 2. The Kier molecular flexibility index (Phi) is 6.79. The molecule has 8 nitrogen and oxygen atoms in total. The van der Waals surface area contributed by atoms with E-state index in [0.29, 0.717) is 41.0 Å². The molecule has 0 saturated carbocycles. The fraction of sp³-hybridized carbons (Fsp3) is 0.333. The van der Waals surface area contributed by atoms with Crippen LogP contribution in [-0.2, 0) is 4.79 Å². The molecule has 0 bridgehead atoms. The molecule has 0 spiro atoms. The van der Waals surface area contributed by atoms with Crippen LogP contribution in [0.3, 0.4) is 0 Å². The van der Waals surface area contributed by atoms with Gasteiger partial charge in [0, 0.05) is 23.9 Å². The molecule has 2 heterocycles. The first kappa shape index (κ1) is 21.5. The summed E-state index contributed by atoms with van der Waals surface area (Å²) in [7, 11) is 0. The third-order valence-electron chi connectivity index (χ3n) is 4.67. The Morgan fingerprint density at radius 2 is 1.90 bits per heavy atom. The summed E-state index contributed by atoms with van der Waals surface area (Å²) in [6, 6.07) is 6.53. The highest BCUT2D eigenvalue weighted by atomic mass is 32.2. The Bertz CT molecular complexity index is 1030. The van der Waals surface area contributed by atoms with Crippen LogP contribution in [-0.4, -0.2) is 35.9 Å². The number of amides is 3. The van der Waals surface area contributed by atoms with E-state index in [1.54, 1.807) is 18.2 Å². The molecule has 0 atom stereocenters. The molecule has 0 aliphatic carbocycles. The number of carbonyl (C=O) groups is 2. The summed E-state index contributed by atoms with van der Waals surface area (Å²) in [6.07, 6.45) is 0.784. The Hall–Kier alpha value is -3.25. The van der Waals surface area contributed by atoms with E-state index in [1.165, 1.54) is 0 Å². The number of benzene rings is 1. The van der Waals surface area contributed by atoms with Crippen LogP contribution in [0.2, 0.25) is 0 Å². The molecule has 2 N–H and O–H groups in total. The molecule has 0 radical (unpaired) electrons. The van der Waals surface area contributed by atoms with Crippen LogP contribution in [0, 0.1) is 32.1 Å². The topological polar surface area (TPSA) is 113 Å². The summed E-state index contributed by atoms with van der Waals surface area (Å²) in [5.41, 5.74) is 3.54. The predicted octanol–water partition coefficient (Wildman–Crippen LogP) is 3.48. The number of urea groups is 1. The van der Waals surface area contributed by atoms with E-state index in [2.05, 4.69) is 21.7 Å². The second kappa shape index (κ2) is 9.50. The summed E-state index contributed by atoms with van der Waals surface area (Å²) in [4.78, 5) is 28.7. The quantitative estimate of drug-likeness (QED) is 0.720. The second-order valence-corrected chi connectivity index (χ2v) is 7.71. The Labute approximate surface area is 179 Å². The van der Waals surface area contributed by atoms with Crippen molar-refractivity contribution in [2.45, 2.75) is 32.2 Å². The summed E-state index contributed by atoms with van der Waals surface area (Å²) in [6.45, 7) is 6.74. The summed E-state index contributed by atoms with van der Waals surface area (Å²) in [5.74, 6) is 0.634. The van der Waals surface area contributed by atoms with Gasteiger partial charge in [-0.15, -0.1) is 0 Å². The fourth-order valence-corrected chi connectivity index (χ4v) is 3.73. The van der Waals surface area contributed by atoms with Gasteiger partial charge in [-0.25, -0.2) is 9.78 Å². The molecule has 0 saturated heterocycles. The standard InChI is InChI=1S/C21H22N4O4S/c1-12-13(2)16(10-22)20(23-14(12)3)30-11-19(26)25-21(27)24-15-5-6-17-18(9-15)29-8-4-7-28-17/h5-6,9H,4,7-8,11H2,1-3H3,(H2,24,25,26,27). The molecule has 156 valence electrons. The van der Waals surface area contributed by atoms with Gasteiger partial charge in [0.25, 0.3) is 0 Å². The van der Waals surface area contributed by atoms with Gasteiger partial charge >= 0.3 is 6.03 Å². The van der Waals surface area contributed by atoms with Crippen molar-refractivity contribution in [2.24, 2.45) is 0 Å². The van der Waals surface area contributed by atoms with Crippen LogP contribution >= 0.6 is 11.8 Å². The SMILES string of the molecule is Cc1nc(SCC(=O)NC(=O)Nc2ccc3c(c2)OCCCO3)c(C#N)c(C)c1C. The van der Waals surface area contributed by atoms with E-state index >= 15 is 0 Å². The molecule has 9 heteroatoms. The lowest BCUT2D eigenvalue weighted by atomic mass is 10.1. The predicted molar refractivity (Wildman–Crippen MR) is 113 cm³/mol. The number of nitrogens with zero attached hydrogens (tertiary/aromatic N) is 2. The average molecular weight is 426 g/mol. The lowest BCUT2D eigenvalue weighted by Gasteiger charge is -2.12. The maximum absolute atomic E-state index is 12.2. The van der Waals surface area contributed by atoms with Gasteiger partial charge in [0.2, 0.25) is 5.91 Å². The molecule has 1 aromatic carbocycles. The first-order chi connectivity index (χ1) is 14.4. The first-order valence-corrected chi connectivity index (χ1v) is 10.4. The maximum atomic E-state index is 12.2. The molecule has 1 aliphatic rings. The zero-order valence-corrected chi connectivity index (χ0v) is 17.8. The van der Waals surface area contributed by atoms with Crippen LogP contribution in [0.1, 0.15) is 28.8 Å². The van der Waals surface area contributed by atoms with Crippen molar-refractivity contribution in [3.63, 3.8) is 0 Å². The van der Waals surface area contributed by atoms with Crippen molar-refractivity contribution >= 4 is 29.4 Å². The smallest absolute Gasteiger partial charge is 0.325 e. The lowest BCUT2D eigenvalue weighted by Crippen LogP contribution is -2.35. The largest absolute Gasteiger partial charge is 0.490 e. The molecular formula is C21H22N4O4S. The van der Waals surface area contributed by atoms with Crippen molar-refractivity contribution in [2.75, 3.05) is 24.3 Å². The number of hydrogen-bond acceptors (Lipinski definition) is 7. The molecule has 3 amide bonds. The van der Waals surface area contributed by atoms with Gasteiger partial charge in [-0.3, -0.25) is 10.1 Å². The Morgan fingerprint density at radius 3 is 2.63 bits per heavy atom. The minimum absolute atomic E-state index is 0.0435. The van der Waals surface area contributed by atoms with Gasteiger partial charge in [-0.1, -0.05) is 11.8 Å². The minimum Gasteiger partial charge on any atom is -0.490 e. The monoisotopic (exact) mass is 426 g/mol.